The van der Waals surface area contributed by atoms with Crippen LogP contribution in [0.25, 0.3) is 11.0 Å². The van der Waals surface area contributed by atoms with Crippen molar-refractivity contribution in [3.63, 3.8) is 0 Å². The Hall–Kier alpha value is -3.08. The number of hydrogen-bond donors (Lipinski definition) is 1. The van der Waals surface area contributed by atoms with Crippen LogP contribution in [0, 0.1) is 0 Å². The molecule has 1 N–H and O–H groups in total. The summed E-state index contributed by atoms with van der Waals surface area (Å²) in [5, 5.41) is 3.29. The van der Waals surface area contributed by atoms with Crippen molar-refractivity contribution in [2.45, 2.75) is 6.04 Å². The first-order chi connectivity index (χ1) is 11.2. The van der Waals surface area contributed by atoms with Crippen LogP contribution in [0.5, 0.6) is 5.75 Å². The lowest BCUT2D eigenvalue weighted by Gasteiger charge is -2.12. The molecule has 0 bridgehead atoms. The molecule has 2 aromatic carbocycles. The SMILES string of the molecule is COc1ccc(C2NC(=O)c3oc4ccccc4c(=O)c32)cc1. The number of rotatable bonds is 2. The topological polar surface area (TPSA) is 68.5 Å². The van der Waals surface area contributed by atoms with Crippen LogP contribution < -0.4 is 15.5 Å². The molecule has 5 nitrogen and oxygen atoms in total. The second-order valence-corrected chi connectivity index (χ2v) is 5.35. The molecule has 5 heteroatoms. The van der Waals surface area contributed by atoms with E-state index in [1.165, 1.54) is 0 Å². The van der Waals surface area contributed by atoms with Gasteiger partial charge < -0.3 is 14.5 Å². The van der Waals surface area contributed by atoms with E-state index in [0.29, 0.717) is 22.3 Å². The van der Waals surface area contributed by atoms with Crippen LogP contribution in [0.3, 0.4) is 0 Å². The van der Waals surface area contributed by atoms with Crippen LogP contribution in [-0.4, -0.2) is 13.0 Å². The van der Waals surface area contributed by atoms with Crippen LogP contribution in [-0.2, 0) is 0 Å². The lowest BCUT2D eigenvalue weighted by Crippen LogP contribution is -2.21. The highest BCUT2D eigenvalue weighted by molar-refractivity contribution is 5.98. The normalized spacial score (nSPS) is 16.2. The summed E-state index contributed by atoms with van der Waals surface area (Å²) in [7, 11) is 1.59. The van der Waals surface area contributed by atoms with Gasteiger partial charge in [-0.15, -0.1) is 0 Å². The second kappa shape index (κ2) is 4.98. The molecule has 1 aliphatic rings. The van der Waals surface area contributed by atoms with Crippen LogP contribution in [0.15, 0.2) is 57.7 Å². The van der Waals surface area contributed by atoms with Crippen LogP contribution >= 0.6 is 0 Å². The number of hydrogen-bond acceptors (Lipinski definition) is 4. The fourth-order valence-electron chi connectivity index (χ4n) is 2.90. The zero-order valence-corrected chi connectivity index (χ0v) is 12.3. The van der Waals surface area contributed by atoms with E-state index in [0.717, 1.165) is 5.56 Å². The molecule has 1 amide bonds. The summed E-state index contributed by atoms with van der Waals surface area (Å²) < 4.78 is 10.8. The van der Waals surface area contributed by atoms with E-state index >= 15 is 0 Å². The minimum atomic E-state index is -0.510. The molecule has 4 rings (SSSR count). The van der Waals surface area contributed by atoms with Gasteiger partial charge in [-0.2, -0.15) is 0 Å². The van der Waals surface area contributed by atoms with Crippen molar-refractivity contribution in [3.8, 4) is 5.75 Å². The standard InChI is InChI=1S/C18H13NO4/c1-22-11-8-6-10(7-9-11)15-14-16(20)12-4-2-3-5-13(12)23-17(14)18(21)19-15/h2-9,15H,1H3,(H,19,21). The molecule has 3 aromatic rings. The molecule has 1 aromatic heterocycles. The molecule has 0 spiro atoms. The van der Waals surface area contributed by atoms with Crippen molar-refractivity contribution in [3.05, 3.63) is 75.6 Å². The monoisotopic (exact) mass is 307 g/mol. The zero-order chi connectivity index (χ0) is 16.0. The van der Waals surface area contributed by atoms with Crippen molar-refractivity contribution >= 4 is 16.9 Å². The number of fused-ring (bicyclic) bond motifs is 2. The van der Waals surface area contributed by atoms with E-state index in [4.69, 9.17) is 9.15 Å². The first kappa shape index (κ1) is 13.6. The Morgan fingerprint density at radius 2 is 1.78 bits per heavy atom. The van der Waals surface area contributed by atoms with E-state index in [-0.39, 0.29) is 17.1 Å². The van der Waals surface area contributed by atoms with Gasteiger partial charge in [-0.1, -0.05) is 24.3 Å². The summed E-state index contributed by atoms with van der Waals surface area (Å²) >= 11 is 0. The van der Waals surface area contributed by atoms with Gasteiger partial charge in [0.25, 0.3) is 5.91 Å². The Labute approximate surface area is 131 Å². The summed E-state index contributed by atoms with van der Waals surface area (Å²) in [5.74, 6) is 0.432. The highest BCUT2D eigenvalue weighted by Crippen LogP contribution is 2.31. The van der Waals surface area contributed by atoms with Gasteiger partial charge in [-0.3, -0.25) is 9.59 Å². The van der Waals surface area contributed by atoms with Gasteiger partial charge in [0.15, 0.2) is 5.43 Å². The maximum absolute atomic E-state index is 12.8. The van der Waals surface area contributed by atoms with Gasteiger partial charge in [-0.25, -0.2) is 0 Å². The number of nitrogens with one attached hydrogen (secondary N) is 1. The predicted molar refractivity (Wildman–Crippen MR) is 84.8 cm³/mol. The molecule has 0 saturated carbocycles. The number of amides is 1. The third kappa shape index (κ3) is 2.01. The van der Waals surface area contributed by atoms with Crippen molar-refractivity contribution in [1.29, 1.82) is 0 Å². The third-order valence-corrected chi connectivity index (χ3v) is 4.05. The maximum atomic E-state index is 12.8. The third-order valence-electron chi connectivity index (χ3n) is 4.05. The Bertz CT molecular complexity index is 972. The molecule has 2 heterocycles. The average molecular weight is 307 g/mol. The molecule has 23 heavy (non-hydrogen) atoms. The molecule has 114 valence electrons. The molecule has 0 saturated heterocycles. The molecule has 1 unspecified atom stereocenters. The van der Waals surface area contributed by atoms with Crippen LogP contribution in [0.2, 0.25) is 0 Å². The lowest BCUT2D eigenvalue weighted by atomic mass is 9.99. The Morgan fingerprint density at radius 3 is 2.52 bits per heavy atom. The molecule has 1 aliphatic heterocycles. The molecule has 1 atom stereocenters. The Kier molecular flexibility index (Phi) is 2.94. The maximum Gasteiger partial charge on any atom is 0.288 e. The first-order valence-electron chi connectivity index (χ1n) is 7.19. The van der Waals surface area contributed by atoms with Crippen LogP contribution in [0.1, 0.15) is 27.7 Å². The number of methoxy groups -OCH3 is 1. The highest BCUT2D eigenvalue weighted by atomic mass is 16.5. The van der Waals surface area contributed by atoms with Crippen molar-refractivity contribution in [2.24, 2.45) is 0 Å². The van der Waals surface area contributed by atoms with Gasteiger partial charge in [0.1, 0.15) is 11.3 Å². The number of carbonyl (C=O) groups is 1. The van der Waals surface area contributed by atoms with E-state index in [1.54, 1.807) is 43.5 Å². The zero-order valence-electron chi connectivity index (χ0n) is 12.3. The van der Waals surface area contributed by atoms with Gasteiger partial charge in [-0.05, 0) is 29.8 Å². The van der Waals surface area contributed by atoms with E-state index in [2.05, 4.69) is 5.32 Å². The summed E-state index contributed by atoms with van der Waals surface area (Å²) in [6, 6.07) is 13.7. The predicted octanol–water partition coefficient (Wildman–Crippen LogP) is 2.63. The molecular formula is C18H13NO4. The molecule has 0 radical (unpaired) electrons. The first-order valence-corrected chi connectivity index (χ1v) is 7.19. The summed E-state index contributed by atoms with van der Waals surface area (Å²) in [4.78, 5) is 25.0. The molecule has 0 fully saturated rings. The fraction of sp³-hybridized carbons (Fsp3) is 0.111. The number of carbonyl (C=O) groups excluding carboxylic acids is 1. The van der Waals surface area contributed by atoms with Gasteiger partial charge in [0.05, 0.1) is 24.1 Å². The number of benzene rings is 2. The average Bonchev–Trinajstić information content (AvgIpc) is 2.92. The smallest absolute Gasteiger partial charge is 0.288 e. The molecule has 0 aliphatic carbocycles. The summed E-state index contributed by atoms with van der Waals surface area (Å²) in [6.07, 6.45) is 0. The number of ether oxygens (including phenoxy) is 1. The van der Waals surface area contributed by atoms with Crippen molar-refractivity contribution < 1.29 is 13.9 Å². The minimum Gasteiger partial charge on any atom is -0.497 e. The number of para-hydroxylation sites is 1. The molecular weight excluding hydrogens is 294 g/mol. The Morgan fingerprint density at radius 1 is 1.04 bits per heavy atom. The highest BCUT2D eigenvalue weighted by Gasteiger charge is 2.35. The van der Waals surface area contributed by atoms with Crippen LogP contribution in [0.4, 0.5) is 0 Å². The summed E-state index contributed by atoms with van der Waals surface area (Å²) in [5.41, 5.74) is 1.40. The van der Waals surface area contributed by atoms with Gasteiger partial charge in [0, 0.05) is 0 Å². The van der Waals surface area contributed by atoms with E-state index in [9.17, 15) is 9.59 Å². The fourth-order valence-corrected chi connectivity index (χ4v) is 2.90. The van der Waals surface area contributed by atoms with Gasteiger partial charge >= 0.3 is 0 Å². The van der Waals surface area contributed by atoms with Gasteiger partial charge in [0.2, 0.25) is 5.76 Å². The Balaban J connectivity index is 1.93. The van der Waals surface area contributed by atoms with Crippen molar-refractivity contribution in [1.82, 2.24) is 5.32 Å². The quantitative estimate of drug-likeness (QED) is 0.790. The largest absolute Gasteiger partial charge is 0.497 e. The summed E-state index contributed by atoms with van der Waals surface area (Å²) in [6.45, 7) is 0. The van der Waals surface area contributed by atoms with E-state index in [1.807, 2.05) is 12.1 Å². The minimum absolute atomic E-state index is 0.0921. The van der Waals surface area contributed by atoms with E-state index < -0.39 is 6.04 Å². The lowest BCUT2D eigenvalue weighted by molar-refractivity contribution is 0.0938. The van der Waals surface area contributed by atoms with Crippen molar-refractivity contribution in [2.75, 3.05) is 7.11 Å². The second-order valence-electron chi connectivity index (χ2n) is 5.35.